The van der Waals surface area contributed by atoms with E-state index in [9.17, 15) is 9.90 Å². The van der Waals surface area contributed by atoms with E-state index in [0.717, 1.165) is 5.56 Å². The van der Waals surface area contributed by atoms with Crippen LogP contribution < -0.4 is 4.74 Å². The molecule has 0 fully saturated rings. The van der Waals surface area contributed by atoms with Gasteiger partial charge in [0.15, 0.2) is 6.29 Å². The van der Waals surface area contributed by atoms with Gasteiger partial charge in [-0.3, -0.25) is 4.57 Å². The molecular weight excluding hydrogens is 246 g/mol. The zero-order valence-electron chi connectivity index (χ0n) is 10.1. The van der Waals surface area contributed by atoms with Gasteiger partial charge in [-0.2, -0.15) is 0 Å². The number of fused-ring (bicyclic) bond motifs is 1. The fourth-order valence-corrected chi connectivity index (χ4v) is 2.53. The molecule has 0 amide bonds. The average molecular weight is 259 g/mol. The third kappa shape index (κ3) is 1.98. The molecule has 0 saturated carbocycles. The highest BCUT2D eigenvalue weighted by atomic mass is 16.6. The first-order valence-electron chi connectivity index (χ1n) is 6.01. The van der Waals surface area contributed by atoms with E-state index in [2.05, 4.69) is 0 Å². The van der Waals surface area contributed by atoms with Crippen molar-refractivity contribution in [3.63, 3.8) is 0 Å². The number of hydrogen-bond donors (Lipinski definition) is 2. The number of para-hydroxylation sites is 1. The topological polar surface area (TPSA) is 71.7 Å². The van der Waals surface area contributed by atoms with Crippen LogP contribution in [-0.4, -0.2) is 27.2 Å². The van der Waals surface area contributed by atoms with Gasteiger partial charge in [0.2, 0.25) is 0 Å². The van der Waals surface area contributed by atoms with Crippen molar-refractivity contribution >= 4 is 6.09 Å². The Bertz CT molecular complexity index is 619. The van der Waals surface area contributed by atoms with Gasteiger partial charge < -0.3 is 14.9 Å². The van der Waals surface area contributed by atoms with Crippen molar-refractivity contribution in [2.24, 2.45) is 0 Å². The fourth-order valence-electron chi connectivity index (χ4n) is 2.53. The van der Waals surface area contributed by atoms with Gasteiger partial charge in [-0.25, -0.2) is 4.79 Å². The summed E-state index contributed by atoms with van der Waals surface area (Å²) in [6.07, 6.45) is -0.105. The smallest absolute Gasteiger partial charge is 0.415 e. The van der Waals surface area contributed by atoms with E-state index >= 15 is 0 Å². The summed E-state index contributed by atoms with van der Waals surface area (Å²) in [5.41, 5.74) is 1.54. The Morgan fingerprint density at radius 2 is 2.05 bits per heavy atom. The van der Waals surface area contributed by atoms with Crippen LogP contribution in [0.15, 0.2) is 42.6 Å². The molecule has 2 heterocycles. The van der Waals surface area contributed by atoms with E-state index in [4.69, 9.17) is 9.84 Å². The standard InChI is InChI=1S/C14H13NO4/c16-13-8-10(9-4-1-2-6-12(9)19-13)11-5-3-7-15(11)14(17)18/h1-7,10,13,16H,8H2,(H,17,18). The Labute approximate surface area is 109 Å². The van der Waals surface area contributed by atoms with Crippen LogP contribution in [0.4, 0.5) is 4.79 Å². The van der Waals surface area contributed by atoms with Gasteiger partial charge in [-0.05, 0) is 18.2 Å². The zero-order valence-corrected chi connectivity index (χ0v) is 10.1. The number of aromatic nitrogens is 1. The summed E-state index contributed by atoms with van der Waals surface area (Å²) in [6.45, 7) is 0. The average Bonchev–Trinajstić information content (AvgIpc) is 2.86. The number of hydrogen-bond acceptors (Lipinski definition) is 3. The number of aliphatic hydroxyl groups excluding tert-OH is 1. The molecule has 2 N–H and O–H groups in total. The molecule has 0 spiro atoms. The van der Waals surface area contributed by atoms with E-state index in [1.807, 2.05) is 18.2 Å². The van der Waals surface area contributed by atoms with E-state index in [1.165, 1.54) is 10.8 Å². The molecule has 5 nitrogen and oxygen atoms in total. The molecule has 0 saturated heterocycles. The summed E-state index contributed by atoms with van der Waals surface area (Å²) in [5, 5.41) is 18.9. The number of carbonyl (C=O) groups is 1. The van der Waals surface area contributed by atoms with Gasteiger partial charge in [-0.1, -0.05) is 18.2 Å². The maximum absolute atomic E-state index is 11.2. The summed E-state index contributed by atoms with van der Waals surface area (Å²) in [7, 11) is 0. The number of ether oxygens (including phenoxy) is 1. The molecule has 2 aromatic rings. The quantitative estimate of drug-likeness (QED) is 0.824. The minimum Gasteiger partial charge on any atom is -0.465 e. The van der Waals surface area contributed by atoms with Crippen LogP contribution in [0.2, 0.25) is 0 Å². The predicted octanol–water partition coefficient (Wildman–Crippen LogP) is 2.25. The van der Waals surface area contributed by atoms with Gasteiger partial charge in [0.05, 0.1) is 0 Å². The molecule has 2 unspecified atom stereocenters. The van der Waals surface area contributed by atoms with E-state index in [-0.39, 0.29) is 5.92 Å². The first-order valence-corrected chi connectivity index (χ1v) is 6.01. The number of aliphatic hydroxyl groups is 1. The lowest BCUT2D eigenvalue weighted by molar-refractivity contribution is -0.0363. The molecule has 5 heteroatoms. The lowest BCUT2D eigenvalue weighted by Crippen LogP contribution is -2.27. The first-order chi connectivity index (χ1) is 9.16. The van der Waals surface area contributed by atoms with Crippen molar-refractivity contribution in [2.75, 3.05) is 0 Å². The molecule has 19 heavy (non-hydrogen) atoms. The summed E-state index contributed by atoms with van der Waals surface area (Å²) >= 11 is 0. The second kappa shape index (κ2) is 4.44. The maximum Gasteiger partial charge on any atom is 0.415 e. The molecule has 0 aliphatic carbocycles. The Morgan fingerprint density at radius 3 is 2.84 bits per heavy atom. The molecule has 2 atom stereocenters. The SMILES string of the molecule is O=C(O)n1cccc1C1CC(O)Oc2ccccc21. The van der Waals surface area contributed by atoms with Crippen LogP contribution in [0.3, 0.4) is 0 Å². The van der Waals surface area contributed by atoms with Crippen LogP contribution in [0, 0.1) is 0 Å². The monoisotopic (exact) mass is 259 g/mol. The normalized spacial score (nSPS) is 21.5. The van der Waals surface area contributed by atoms with Crippen molar-refractivity contribution in [3.8, 4) is 5.75 Å². The van der Waals surface area contributed by atoms with Gasteiger partial charge in [-0.15, -0.1) is 0 Å². The molecule has 1 aromatic heterocycles. The number of nitrogens with zero attached hydrogens (tertiary/aromatic N) is 1. The summed E-state index contributed by atoms with van der Waals surface area (Å²) < 4.78 is 6.54. The van der Waals surface area contributed by atoms with Crippen LogP contribution in [-0.2, 0) is 0 Å². The van der Waals surface area contributed by atoms with Gasteiger partial charge >= 0.3 is 6.09 Å². The molecule has 0 bridgehead atoms. The van der Waals surface area contributed by atoms with Gasteiger partial charge in [0.25, 0.3) is 0 Å². The van der Waals surface area contributed by atoms with E-state index in [0.29, 0.717) is 17.9 Å². The van der Waals surface area contributed by atoms with Crippen molar-refractivity contribution in [1.82, 2.24) is 4.57 Å². The number of benzene rings is 1. The van der Waals surface area contributed by atoms with Crippen molar-refractivity contribution < 1.29 is 19.7 Å². The molecule has 3 rings (SSSR count). The first kappa shape index (κ1) is 11.8. The number of rotatable bonds is 1. The Hall–Kier alpha value is -2.27. The highest BCUT2D eigenvalue weighted by Gasteiger charge is 2.30. The third-order valence-electron chi connectivity index (χ3n) is 3.34. The van der Waals surface area contributed by atoms with Gasteiger partial charge in [0.1, 0.15) is 5.75 Å². The molecule has 1 aromatic carbocycles. The Kier molecular flexibility index (Phi) is 2.76. The summed E-state index contributed by atoms with van der Waals surface area (Å²) in [6, 6.07) is 10.8. The zero-order chi connectivity index (χ0) is 13.4. The fraction of sp³-hybridized carbons (Fsp3) is 0.214. The van der Waals surface area contributed by atoms with E-state index in [1.54, 1.807) is 18.2 Å². The van der Waals surface area contributed by atoms with Crippen LogP contribution in [0.5, 0.6) is 5.75 Å². The second-order valence-corrected chi connectivity index (χ2v) is 4.48. The summed E-state index contributed by atoms with van der Waals surface area (Å²) in [4.78, 5) is 11.2. The molecular formula is C14H13NO4. The minimum atomic E-state index is -1.03. The molecule has 1 aliphatic heterocycles. The van der Waals surface area contributed by atoms with Crippen molar-refractivity contribution in [2.45, 2.75) is 18.6 Å². The van der Waals surface area contributed by atoms with Gasteiger partial charge in [0, 0.05) is 29.8 Å². The van der Waals surface area contributed by atoms with Crippen molar-refractivity contribution in [3.05, 3.63) is 53.9 Å². The third-order valence-corrected chi connectivity index (χ3v) is 3.34. The Balaban J connectivity index is 2.10. The minimum absolute atomic E-state index is 0.189. The lowest BCUT2D eigenvalue weighted by Gasteiger charge is -2.29. The van der Waals surface area contributed by atoms with E-state index < -0.39 is 12.4 Å². The molecule has 0 radical (unpaired) electrons. The number of carboxylic acid groups (broad SMARTS) is 1. The maximum atomic E-state index is 11.2. The van der Waals surface area contributed by atoms with Crippen LogP contribution in [0.25, 0.3) is 0 Å². The van der Waals surface area contributed by atoms with Crippen LogP contribution in [0.1, 0.15) is 23.6 Å². The van der Waals surface area contributed by atoms with Crippen LogP contribution >= 0.6 is 0 Å². The molecule has 1 aliphatic rings. The highest BCUT2D eigenvalue weighted by molar-refractivity contribution is 5.69. The predicted molar refractivity (Wildman–Crippen MR) is 67.4 cm³/mol. The lowest BCUT2D eigenvalue weighted by atomic mass is 9.89. The van der Waals surface area contributed by atoms with Crippen molar-refractivity contribution in [1.29, 1.82) is 0 Å². The largest absolute Gasteiger partial charge is 0.465 e. The highest BCUT2D eigenvalue weighted by Crippen LogP contribution is 2.39. The Morgan fingerprint density at radius 1 is 1.26 bits per heavy atom. The second-order valence-electron chi connectivity index (χ2n) is 4.48. The molecule has 98 valence electrons. The summed E-state index contributed by atoms with van der Waals surface area (Å²) in [5.74, 6) is 0.412.